The third-order valence-corrected chi connectivity index (χ3v) is 4.63. The van der Waals surface area contributed by atoms with Gasteiger partial charge in [0.25, 0.3) is 5.91 Å². The predicted octanol–water partition coefficient (Wildman–Crippen LogP) is 1.47. The fourth-order valence-electron chi connectivity index (χ4n) is 2.95. The van der Waals surface area contributed by atoms with Crippen LogP contribution in [0.4, 0.5) is 5.69 Å². The number of carbonyl (C=O) groups excluding carboxylic acids is 2. The number of nitrogens with zero attached hydrogens (tertiary/aromatic N) is 4. The second kappa shape index (κ2) is 7.92. The second-order valence-corrected chi connectivity index (χ2v) is 6.97. The topological polar surface area (TPSA) is 106 Å². The molecule has 0 aliphatic carbocycles. The van der Waals surface area contributed by atoms with E-state index in [2.05, 4.69) is 20.5 Å². The van der Waals surface area contributed by atoms with Gasteiger partial charge in [0.2, 0.25) is 5.91 Å². The molecule has 1 atom stereocenters. The van der Waals surface area contributed by atoms with Crippen LogP contribution in [-0.4, -0.2) is 45.9 Å². The van der Waals surface area contributed by atoms with Gasteiger partial charge in [-0.15, -0.1) is 5.10 Å². The normalized spacial score (nSPS) is 17.2. The lowest BCUT2D eigenvalue weighted by Crippen LogP contribution is -2.48. The van der Waals surface area contributed by atoms with Gasteiger partial charge in [-0.25, -0.2) is 4.68 Å². The zero-order chi connectivity index (χ0) is 18.7. The summed E-state index contributed by atoms with van der Waals surface area (Å²) < 4.78 is 1.23. The molecule has 26 heavy (non-hydrogen) atoms. The lowest BCUT2D eigenvalue weighted by molar-refractivity contribution is -0.118. The van der Waals surface area contributed by atoms with Gasteiger partial charge in [-0.2, -0.15) is 0 Å². The number of benzene rings is 1. The number of hydrogen-bond acceptors (Lipinski definition) is 5. The number of anilines is 1. The zero-order valence-electron chi connectivity index (χ0n) is 13.9. The maximum Gasteiger partial charge on any atom is 0.273 e. The van der Waals surface area contributed by atoms with Crippen molar-refractivity contribution in [1.29, 1.82) is 0 Å². The van der Waals surface area contributed by atoms with Gasteiger partial charge in [0.1, 0.15) is 6.54 Å². The Labute approximate surface area is 160 Å². The van der Waals surface area contributed by atoms with Gasteiger partial charge in [0.15, 0.2) is 5.69 Å². The monoisotopic (exact) mass is 396 g/mol. The number of piperidine rings is 1. The highest BCUT2D eigenvalue weighted by Crippen LogP contribution is 2.30. The minimum atomic E-state index is -0.551. The summed E-state index contributed by atoms with van der Waals surface area (Å²) >= 11 is 12.2. The van der Waals surface area contributed by atoms with E-state index in [1.807, 2.05) is 6.07 Å². The summed E-state index contributed by atoms with van der Waals surface area (Å²) in [4.78, 5) is 25.4. The van der Waals surface area contributed by atoms with Crippen LogP contribution in [-0.2, 0) is 11.3 Å². The maximum absolute atomic E-state index is 12.4. The van der Waals surface area contributed by atoms with Gasteiger partial charge >= 0.3 is 0 Å². The molecule has 1 fully saturated rings. The van der Waals surface area contributed by atoms with Gasteiger partial charge in [-0.3, -0.25) is 9.59 Å². The van der Waals surface area contributed by atoms with Crippen LogP contribution < -0.4 is 16.0 Å². The van der Waals surface area contributed by atoms with Gasteiger partial charge < -0.3 is 16.0 Å². The minimum Gasteiger partial charge on any atom is -0.368 e. The molecule has 2 aromatic rings. The molecule has 3 N–H and O–H groups in total. The van der Waals surface area contributed by atoms with Gasteiger partial charge in [0.05, 0.1) is 16.9 Å². The third-order valence-electron chi connectivity index (χ3n) is 4.10. The fourth-order valence-corrected chi connectivity index (χ4v) is 3.48. The van der Waals surface area contributed by atoms with Crippen LogP contribution in [0, 0.1) is 0 Å². The van der Waals surface area contributed by atoms with E-state index in [4.69, 9.17) is 28.9 Å². The Balaban J connectivity index is 1.63. The Kier molecular flexibility index (Phi) is 5.63. The SMILES string of the molecule is NC(=O)Cn1cc(C(=O)NC2CCCN(c3ccc(Cl)cc3Cl)C2)nn1. The largest absolute Gasteiger partial charge is 0.368 e. The molecule has 1 saturated heterocycles. The Morgan fingerprint density at radius 1 is 1.35 bits per heavy atom. The van der Waals surface area contributed by atoms with Crippen LogP contribution in [0.5, 0.6) is 0 Å². The number of primary amides is 1. The molecule has 2 amide bonds. The first kappa shape index (κ1) is 18.5. The van der Waals surface area contributed by atoms with Gasteiger partial charge in [-0.1, -0.05) is 28.4 Å². The number of nitrogens with one attached hydrogen (secondary N) is 1. The second-order valence-electron chi connectivity index (χ2n) is 6.12. The predicted molar refractivity (Wildman–Crippen MR) is 98.4 cm³/mol. The molecule has 1 unspecified atom stereocenters. The maximum atomic E-state index is 12.4. The van der Waals surface area contributed by atoms with Crippen LogP contribution in [0.3, 0.4) is 0 Å². The summed E-state index contributed by atoms with van der Waals surface area (Å²) in [7, 11) is 0. The van der Waals surface area contributed by atoms with Gasteiger partial charge in [0, 0.05) is 24.2 Å². The summed E-state index contributed by atoms with van der Waals surface area (Å²) in [6, 6.07) is 5.33. The quantitative estimate of drug-likeness (QED) is 0.795. The molecular formula is C16H18Cl2N6O2. The fraction of sp³-hybridized carbons (Fsp3) is 0.375. The average Bonchev–Trinajstić information content (AvgIpc) is 3.03. The number of nitrogens with two attached hydrogens (primary N) is 1. The van der Waals surface area contributed by atoms with E-state index >= 15 is 0 Å². The summed E-state index contributed by atoms with van der Waals surface area (Å²) in [6.07, 6.45) is 3.16. The van der Waals surface area contributed by atoms with Crippen molar-refractivity contribution in [1.82, 2.24) is 20.3 Å². The minimum absolute atomic E-state index is 0.0516. The summed E-state index contributed by atoms with van der Waals surface area (Å²) in [5, 5.41) is 11.6. The van der Waals surface area contributed by atoms with E-state index in [0.29, 0.717) is 16.6 Å². The highest BCUT2D eigenvalue weighted by molar-refractivity contribution is 6.36. The highest BCUT2D eigenvalue weighted by Gasteiger charge is 2.24. The molecule has 138 valence electrons. The van der Waals surface area contributed by atoms with Crippen LogP contribution in [0.1, 0.15) is 23.3 Å². The van der Waals surface area contributed by atoms with E-state index in [9.17, 15) is 9.59 Å². The van der Waals surface area contributed by atoms with E-state index in [-0.39, 0.29) is 24.2 Å². The van der Waals surface area contributed by atoms with Crippen molar-refractivity contribution >= 4 is 40.7 Å². The smallest absolute Gasteiger partial charge is 0.273 e. The van der Waals surface area contributed by atoms with Crippen molar-refractivity contribution in [2.24, 2.45) is 5.73 Å². The molecule has 3 rings (SSSR count). The molecule has 1 aromatic carbocycles. The summed E-state index contributed by atoms with van der Waals surface area (Å²) in [6.45, 7) is 1.36. The average molecular weight is 397 g/mol. The van der Waals surface area contributed by atoms with E-state index in [1.165, 1.54) is 10.9 Å². The lowest BCUT2D eigenvalue weighted by atomic mass is 10.0. The molecule has 0 bridgehead atoms. The number of carbonyl (C=O) groups is 2. The Morgan fingerprint density at radius 2 is 2.15 bits per heavy atom. The molecular weight excluding hydrogens is 379 g/mol. The number of halogens is 2. The number of aromatic nitrogens is 3. The molecule has 0 spiro atoms. The van der Waals surface area contributed by atoms with E-state index in [1.54, 1.807) is 12.1 Å². The Morgan fingerprint density at radius 3 is 2.88 bits per heavy atom. The number of rotatable bonds is 5. The van der Waals surface area contributed by atoms with E-state index in [0.717, 1.165) is 25.1 Å². The third kappa shape index (κ3) is 4.44. The molecule has 2 heterocycles. The zero-order valence-corrected chi connectivity index (χ0v) is 15.4. The van der Waals surface area contributed by atoms with E-state index < -0.39 is 5.91 Å². The van der Waals surface area contributed by atoms with Crippen molar-refractivity contribution in [2.45, 2.75) is 25.4 Å². The number of amides is 2. The van der Waals surface area contributed by atoms with Crippen molar-refractivity contribution in [2.75, 3.05) is 18.0 Å². The Bertz CT molecular complexity index is 825. The molecule has 1 aliphatic rings. The van der Waals surface area contributed by atoms with Crippen molar-refractivity contribution in [3.05, 3.63) is 40.1 Å². The van der Waals surface area contributed by atoms with Crippen molar-refractivity contribution < 1.29 is 9.59 Å². The standard InChI is InChI=1S/C16H18Cl2N6O2/c17-10-3-4-14(12(18)6-10)23-5-1-2-11(7-23)20-16(26)13-8-24(22-21-13)9-15(19)25/h3-4,6,8,11H,1-2,5,7,9H2,(H2,19,25)(H,20,26). The summed E-state index contributed by atoms with van der Waals surface area (Å²) in [5.74, 6) is -0.889. The molecule has 1 aliphatic heterocycles. The van der Waals surface area contributed by atoms with Crippen molar-refractivity contribution in [3.8, 4) is 0 Å². The highest BCUT2D eigenvalue weighted by atomic mass is 35.5. The molecule has 10 heteroatoms. The molecule has 0 radical (unpaired) electrons. The molecule has 1 aromatic heterocycles. The lowest BCUT2D eigenvalue weighted by Gasteiger charge is -2.35. The van der Waals surface area contributed by atoms with Gasteiger partial charge in [-0.05, 0) is 31.0 Å². The van der Waals surface area contributed by atoms with Crippen molar-refractivity contribution in [3.63, 3.8) is 0 Å². The first-order valence-electron chi connectivity index (χ1n) is 8.11. The number of hydrogen-bond donors (Lipinski definition) is 2. The first-order valence-corrected chi connectivity index (χ1v) is 8.87. The van der Waals surface area contributed by atoms with Crippen LogP contribution >= 0.6 is 23.2 Å². The summed E-state index contributed by atoms with van der Waals surface area (Å²) in [5.41, 5.74) is 6.14. The molecule has 8 nitrogen and oxygen atoms in total. The van der Waals surface area contributed by atoms with Crippen LogP contribution in [0.2, 0.25) is 10.0 Å². The molecule has 0 saturated carbocycles. The first-order chi connectivity index (χ1) is 12.4. The van der Waals surface area contributed by atoms with Crippen LogP contribution in [0.15, 0.2) is 24.4 Å². The van der Waals surface area contributed by atoms with Crippen LogP contribution in [0.25, 0.3) is 0 Å². The Hall–Kier alpha value is -2.32.